The molecule has 2 aromatic carbocycles. The minimum atomic E-state index is -1.14. The van der Waals surface area contributed by atoms with E-state index in [1.807, 2.05) is 0 Å². The Kier molecular flexibility index (Phi) is 3.57. The predicted octanol–water partition coefficient (Wildman–Crippen LogP) is 3.55. The SMILES string of the molecule is Nc1cc(Oc2cccc(Cl)c2F)ccc1C(=O)O. The molecule has 4 nitrogen and oxygen atoms in total. The number of hydrogen-bond donors (Lipinski definition) is 2. The van der Waals surface area contributed by atoms with E-state index in [1.54, 1.807) is 0 Å². The summed E-state index contributed by atoms with van der Waals surface area (Å²) in [4.78, 5) is 10.8. The van der Waals surface area contributed by atoms with E-state index in [4.69, 9.17) is 27.2 Å². The lowest BCUT2D eigenvalue weighted by molar-refractivity contribution is 0.0698. The zero-order valence-corrected chi connectivity index (χ0v) is 10.3. The summed E-state index contributed by atoms with van der Waals surface area (Å²) < 4.78 is 18.9. The minimum Gasteiger partial charge on any atom is -0.478 e. The van der Waals surface area contributed by atoms with Crippen molar-refractivity contribution in [3.05, 3.63) is 52.8 Å². The Morgan fingerprint density at radius 3 is 2.68 bits per heavy atom. The van der Waals surface area contributed by atoms with Crippen molar-refractivity contribution in [1.29, 1.82) is 0 Å². The Balaban J connectivity index is 2.32. The van der Waals surface area contributed by atoms with E-state index in [0.29, 0.717) is 0 Å². The molecule has 0 aliphatic rings. The zero-order chi connectivity index (χ0) is 14.0. The highest BCUT2D eigenvalue weighted by Gasteiger charge is 2.11. The molecule has 0 amide bonds. The van der Waals surface area contributed by atoms with Crippen molar-refractivity contribution < 1.29 is 19.0 Å². The van der Waals surface area contributed by atoms with Crippen molar-refractivity contribution in [2.45, 2.75) is 0 Å². The fraction of sp³-hybridized carbons (Fsp3) is 0. The molecule has 0 saturated heterocycles. The van der Waals surface area contributed by atoms with Crippen LogP contribution in [0.4, 0.5) is 10.1 Å². The highest BCUT2D eigenvalue weighted by atomic mass is 35.5. The maximum absolute atomic E-state index is 13.6. The summed E-state index contributed by atoms with van der Waals surface area (Å²) in [6, 6.07) is 8.32. The highest BCUT2D eigenvalue weighted by Crippen LogP contribution is 2.30. The van der Waals surface area contributed by atoms with Gasteiger partial charge < -0.3 is 15.6 Å². The topological polar surface area (TPSA) is 72.5 Å². The quantitative estimate of drug-likeness (QED) is 0.844. The summed E-state index contributed by atoms with van der Waals surface area (Å²) in [5.74, 6) is -1.67. The van der Waals surface area contributed by atoms with E-state index < -0.39 is 11.8 Å². The number of rotatable bonds is 3. The Labute approximate surface area is 113 Å². The minimum absolute atomic E-state index is 0.0347. The molecule has 0 heterocycles. The van der Waals surface area contributed by atoms with Gasteiger partial charge in [-0.1, -0.05) is 17.7 Å². The molecule has 0 saturated carbocycles. The van der Waals surface area contributed by atoms with E-state index >= 15 is 0 Å². The van der Waals surface area contributed by atoms with Gasteiger partial charge in [-0.2, -0.15) is 0 Å². The van der Waals surface area contributed by atoms with Gasteiger partial charge in [0.1, 0.15) is 5.75 Å². The van der Waals surface area contributed by atoms with Gasteiger partial charge in [-0.15, -0.1) is 0 Å². The van der Waals surface area contributed by atoms with Crippen LogP contribution in [0.2, 0.25) is 5.02 Å². The van der Waals surface area contributed by atoms with Crippen molar-refractivity contribution in [3.8, 4) is 11.5 Å². The lowest BCUT2D eigenvalue weighted by atomic mass is 10.2. The van der Waals surface area contributed by atoms with Crippen LogP contribution in [0, 0.1) is 5.82 Å². The van der Waals surface area contributed by atoms with Crippen LogP contribution in [0.3, 0.4) is 0 Å². The molecule has 2 aromatic rings. The summed E-state index contributed by atoms with van der Waals surface area (Å²) >= 11 is 5.62. The standard InChI is InChI=1S/C13H9ClFNO3/c14-9-2-1-3-11(12(9)15)19-7-4-5-8(13(17)18)10(16)6-7/h1-6H,16H2,(H,17,18). The van der Waals surface area contributed by atoms with Gasteiger partial charge in [0, 0.05) is 11.8 Å². The molecule has 0 bridgehead atoms. The first-order valence-electron chi connectivity index (χ1n) is 5.23. The van der Waals surface area contributed by atoms with Gasteiger partial charge in [-0.05, 0) is 24.3 Å². The van der Waals surface area contributed by atoms with Crippen LogP contribution in [0.5, 0.6) is 11.5 Å². The molecule has 0 atom stereocenters. The fourth-order valence-electron chi connectivity index (χ4n) is 1.49. The van der Waals surface area contributed by atoms with Gasteiger partial charge in [0.25, 0.3) is 0 Å². The number of anilines is 1. The Bertz CT molecular complexity index is 646. The van der Waals surface area contributed by atoms with Crippen LogP contribution in [-0.4, -0.2) is 11.1 Å². The first-order valence-corrected chi connectivity index (χ1v) is 5.61. The van der Waals surface area contributed by atoms with Gasteiger partial charge in [-0.3, -0.25) is 0 Å². The van der Waals surface area contributed by atoms with E-state index in [0.717, 1.165) is 0 Å². The van der Waals surface area contributed by atoms with Crippen molar-refractivity contribution in [2.75, 3.05) is 5.73 Å². The number of hydrogen-bond acceptors (Lipinski definition) is 3. The Morgan fingerprint density at radius 2 is 2.05 bits per heavy atom. The molecule has 0 aromatic heterocycles. The summed E-state index contributed by atoms with van der Waals surface area (Å²) in [6.45, 7) is 0. The van der Waals surface area contributed by atoms with Crippen LogP contribution >= 0.6 is 11.6 Å². The first kappa shape index (κ1) is 13.2. The number of aromatic carboxylic acids is 1. The smallest absolute Gasteiger partial charge is 0.337 e. The number of nitrogen functional groups attached to an aromatic ring is 1. The number of carboxylic acid groups (broad SMARTS) is 1. The third-order valence-electron chi connectivity index (χ3n) is 2.40. The molecule has 3 N–H and O–H groups in total. The molecule has 0 aliphatic heterocycles. The normalized spacial score (nSPS) is 10.2. The summed E-state index contributed by atoms with van der Waals surface area (Å²) in [6.07, 6.45) is 0. The molecular formula is C13H9ClFNO3. The first-order chi connectivity index (χ1) is 8.99. The van der Waals surface area contributed by atoms with Gasteiger partial charge >= 0.3 is 5.97 Å². The average molecular weight is 282 g/mol. The fourth-order valence-corrected chi connectivity index (χ4v) is 1.65. The average Bonchev–Trinajstić information content (AvgIpc) is 2.34. The highest BCUT2D eigenvalue weighted by molar-refractivity contribution is 6.30. The van der Waals surface area contributed by atoms with E-state index in [9.17, 15) is 9.18 Å². The number of halogens is 2. The van der Waals surface area contributed by atoms with E-state index in [1.165, 1.54) is 36.4 Å². The molecular weight excluding hydrogens is 273 g/mol. The zero-order valence-electron chi connectivity index (χ0n) is 9.56. The second kappa shape index (κ2) is 5.16. The van der Waals surface area contributed by atoms with Crippen LogP contribution in [0.25, 0.3) is 0 Å². The molecule has 2 rings (SSSR count). The maximum atomic E-state index is 13.6. The molecule has 0 spiro atoms. The summed E-state index contributed by atoms with van der Waals surface area (Å²) in [5, 5.41) is 8.77. The number of carbonyl (C=O) groups is 1. The Hall–Kier alpha value is -2.27. The third kappa shape index (κ3) is 2.77. The molecule has 0 radical (unpaired) electrons. The molecule has 0 aliphatic carbocycles. The number of carboxylic acids is 1. The monoisotopic (exact) mass is 281 g/mol. The second-order valence-electron chi connectivity index (χ2n) is 3.71. The molecule has 0 fully saturated rings. The third-order valence-corrected chi connectivity index (χ3v) is 2.69. The molecule has 6 heteroatoms. The van der Waals surface area contributed by atoms with Crippen molar-refractivity contribution in [1.82, 2.24) is 0 Å². The summed E-state index contributed by atoms with van der Waals surface area (Å²) in [7, 11) is 0. The van der Waals surface area contributed by atoms with Crippen LogP contribution < -0.4 is 10.5 Å². The van der Waals surface area contributed by atoms with Gasteiger partial charge in [0.05, 0.1) is 10.6 Å². The molecule has 0 unspecified atom stereocenters. The second-order valence-corrected chi connectivity index (χ2v) is 4.12. The lowest BCUT2D eigenvalue weighted by Gasteiger charge is -2.09. The van der Waals surface area contributed by atoms with Gasteiger partial charge in [-0.25, -0.2) is 9.18 Å². The number of ether oxygens (including phenoxy) is 1. The van der Waals surface area contributed by atoms with Crippen LogP contribution in [0.15, 0.2) is 36.4 Å². The number of nitrogens with two attached hydrogens (primary N) is 1. The largest absolute Gasteiger partial charge is 0.478 e. The maximum Gasteiger partial charge on any atom is 0.337 e. The van der Waals surface area contributed by atoms with Crippen LogP contribution in [0.1, 0.15) is 10.4 Å². The van der Waals surface area contributed by atoms with Crippen molar-refractivity contribution in [2.24, 2.45) is 0 Å². The predicted molar refractivity (Wildman–Crippen MR) is 69.3 cm³/mol. The van der Waals surface area contributed by atoms with Gasteiger partial charge in [0.15, 0.2) is 11.6 Å². The molecule has 19 heavy (non-hydrogen) atoms. The van der Waals surface area contributed by atoms with Gasteiger partial charge in [0.2, 0.25) is 0 Å². The lowest BCUT2D eigenvalue weighted by Crippen LogP contribution is -2.02. The number of benzene rings is 2. The van der Waals surface area contributed by atoms with E-state index in [2.05, 4.69) is 0 Å². The van der Waals surface area contributed by atoms with Crippen LogP contribution in [-0.2, 0) is 0 Å². The molecule has 98 valence electrons. The van der Waals surface area contributed by atoms with E-state index in [-0.39, 0.29) is 27.8 Å². The Morgan fingerprint density at radius 1 is 1.32 bits per heavy atom. The van der Waals surface area contributed by atoms with Crippen molar-refractivity contribution in [3.63, 3.8) is 0 Å². The summed E-state index contributed by atoms with van der Waals surface area (Å²) in [5.41, 5.74) is 5.56. The van der Waals surface area contributed by atoms with Crippen molar-refractivity contribution >= 4 is 23.3 Å².